The Kier molecular flexibility index (Phi) is 5.70. The lowest BCUT2D eigenvalue weighted by Crippen LogP contribution is -2.28. The lowest BCUT2D eigenvalue weighted by atomic mass is 9.80. The van der Waals surface area contributed by atoms with Gasteiger partial charge >= 0.3 is 0 Å². The minimum atomic E-state index is 0.256. The third-order valence-corrected chi connectivity index (χ3v) is 5.30. The molecule has 1 fully saturated rings. The Morgan fingerprint density at radius 2 is 1.84 bits per heavy atom. The van der Waals surface area contributed by atoms with Crippen molar-refractivity contribution in [2.24, 2.45) is 11.8 Å². The number of halogens is 1. The third kappa shape index (κ3) is 4.19. The van der Waals surface area contributed by atoms with Crippen LogP contribution in [0.25, 0.3) is 0 Å². The van der Waals surface area contributed by atoms with E-state index in [9.17, 15) is 0 Å². The van der Waals surface area contributed by atoms with Crippen LogP contribution in [-0.4, -0.2) is 10.5 Å². The summed E-state index contributed by atoms with van der Waals surface area (Å²) in [4.78, 5) is 0. The van der Waals surface area contributed by atoms with E-state index in [1.807, 2.05) is 0 Å². The quantitative estimate of drug-likeness (QED) is 0.514. The first-order valence-electron chi connectivity index (χ1n) is 7.38. The Hall–Kier alpha value is -0.0900. The topological polar surface area (TPSA) is 9.23 Å². The monoisotopic (exact) mass is 372 g/mol. The van der Waals surface area contributed by atoms with Crippen LogP contribution in [0.15, 0.2) is 24.3 Å². The minimum Gasteiger partial charge on any atom is -0.369 e. The molecule has 1 aliphatic carbocycles. The summed E-state index contributed by atoms with van der Waals surface area (Å²) in [6.45, 7) is 6.87. The van der Waals surface area contributed by atoms with Crippen molar-refractivity contribution in [3.05, 3.63) is 35.4 Å². The van der Waals surface area contributed by atoms with Crippen molar-refractivity contribution in [1.29, 1.82) is 0 Å². The van der Waals surface area contributed by atoms with Crippen LogP contribution in [0.4, 0.5) is 0 Å². The second-order valence-electron chi connectivity index (χ2n) is 6.08. The first-order chi connectivity index (χ1) is 9.10. The van der Waals surface area contributed by atoms with Crippen LogP contribution in [0, 0.1) is 18.8 Å². The summed E-state index contributed by atoms with van der Waals surface area (Å²) < 4.78 is 7.41. The van der Waals surface area contributed by atoms with Crippen molar-refractivity contribution in [3.8, 4) is 0 Å². The predicted molar refractivity (Wildman–Crippen MR) is 89.9 cm³/mol. The molecule has 0 amide bonds. The van der Waals surface area contributed by atoms with Gasteiger partial charge in [-0.2, -0.15) is 0 Å². The van der Waals surface area contributed by atoms with Crippen LogP contribution < -0.4 is 0 Å². The summed E-state index contributed by atoms with van der Waals surface area (Å²) >= 11 is 2.44. The molecule has 0 aliphatic heterocycles. The van der Waals surface area contributed by atoms with Crippen LogP contribution in [-0.2, 0) is 4.74 Å². The average molecular weight is 372 g/mol. The van der Waals surface area contributed by atoms with Crippen LogP contribution >= 0.6 is 22.6 Å². The maximum Gasteiger partial charge on any atom is 0.0918 e. The summed E-state index contributed by atoms with van der Waals surface area (Å²) in [5.74, 6) is 1.66. The predicted octanol–water partition coefficient (Wildman–Crippen LogP) is 5.31. The highest BCUT2D eigenvalue weighted by atomic mass is 127. The Morgan fingerprint density at radius 1 is 1.16 bits per heavy atom. The molecule has 19 heavy (non-hydrogen) atoms. The molecule has 1 aliphatic rings. The number of benzene rings is 1. The number of rotatable bonds is 4. The maximum absolute atomic E-state index is 6.38. The number of aryl methyl sites for hydroxylation is 1. The Morgan fingerprint density at radius 3 is 2.42 bits per heavy atom. The fraction of sp³-hybridized carbons (Fsp3) is 0.647. The maximum atomic E-state index is 6.38. The smallest absolute Gasteiger partial charge is 0.0918 e. The zero-order chi connectivity index (χ0) is 13.8. The fourth-order valence-corrected chi connectivity index (χ4v) is 3.56. The Bertz CT molecular complexity index is 387. The first kappa shape index (κ1) is 15.3. The fourth-order valence-electron chi connectivity index (χ4n) is 2.84. The van der Waals surface area contributed by atoms with E-state index < -0.39 is 0 Å². The van der Waals surface area contributed by atoms with E-state index in [1.165, 1.54) is 30.4 Å². The van der Waals surface area contributed by atoms with Gasteiger partial charge in [-0.25, -0.2) is 0 Å². The summed E-state index contributed by atoms with van der Waals surface area (Å²) in [5, 5.41) is 0. The molecule has 1 aromatic rings. The molecular weight excluding hydrogens is 347 g/mol. The highest BCUT2D eigenvalue weighted by Crippen LogP contribution is 2.34. The third-order valence-electron chi connectivity index (χ3n) is 4.50. The normalized spacial score (nSPS) is 29.2. The molecule has 0 bridgehead atoms. The highest BCUT2D eigenvalue weighted by molar-refractivity contribution is 14.1. The summed E-state index contributed by atoms with van der Waals surface area (Å²) in [6, 6.07) is 8.80. The van der Waals surface area contributed by atoms with Crippen LogP contribution in [0.1, 0.15) is 50.3 Å². The molecule has 0 radical (unpaired) electrons. The van der Waals surface area contributed by atoms with E-state index >= 15 is 0 Å². The molecule has 0 saturated heterocycles. The van der Waals surface area contributed by atoms with Crippen molar-refractivity contribution in [1.82, 2.24) is 0 Å². The molecular formula is C17H25IO. The molecule has 0 aromatic heterocycles. The summed E-state index contributed by atoms with van der Waals surface area (Å²) in [7, 11) is 0. The van der Waals surface area contributed by atoms with E-state index in [-0.39, 0.29) is 6.10 Å². The SMILES string of the molecule is Cc1ccc(C(CI)OC2CCC(C)C(C)C2)cc1. The standard InChI is InChI=1S/C17H25IO/c1-12-4-7-15(8-5-12)17(11-18)19-16-9-6-13(2)14(3)10-16/h4-5,7-8,13-14,16-17H,6,9-11H2,1-3H3. The Labute approximate surface area is 131 Å². The Balaban J connectivity index is 1.97. The van der Waals surface area contributed by atoms with E-state index in [0.717, 1.165) is 16.3 Å². The van der Waals surface area contributed by atoms with Crippen LogP contribution in [0.2, 0.25) is 0 Å². The second kappa shape index (κ2) is 7.07. The number of hydrogen-bond donors (Lipinski definition) is 0. The molecule has 0 spiro atoms. The lowest BCUT2D eigenvalue weighted by molar-refractivity contribution is -0.0377. The van der Waals surface area contributed by atoms with Gasteiger partial charge in [-0.1, -0.05) is 66.3 Å². The van der Waals surface area contributed by atoms with Gasteiger partial charge in [-0.05, 0) is 43.6 Å². The van der Waals surface area contributed by atoms with Gasteiger partial charge in [-0.15, -0.1) is 0 Å². The molecule has 0 heterocycles. The van der Waals surface area contributed by atoms with Gasteiger partial charge in [0, 0.05) is 4.43 Å². The van der Waals surface area contributed by atoms with Crippen LogP contribution in [0.3, 0.4) is 0 Å². The summed E-state index contributed by atoms with van der Waals surface area (Å²) in [5.41, 5.74) is 2.64. The van der Waals surface area contributed by atoms with Gasteiger partial charge in [-0.3, -0.25) is 0 Å². The molecule has 1 saturated carbocycles. The zero-order valence-electron chi connectivity index (χ0n) is 12.2. The van der Waals surface area contributed by atoms with Gasteiger partial charge in [0.15, 0.2) is 0 Å². The van der Waals surface area contributed by atoms with Crippen LogP contribution in [0.5, 0.6) is 0 Å². The highest BCUT2D eigenvalue weighted by Gasteiger charge is 2.27. The van der Waals surface area contributed by atoms with E-state index in [1.54, 1.807) is 0 Å². The molecule has 2 heteroatoms. The number of ether oxygens (including phenoxy) is 1. The number of hydrogen-bond acceptors (Lipinski definition) is 1. The van der Waals surface area contributed by atoms with E-state index in [2.05, 4.69) is 67.6 Å². The summed E-state index contributed by atoms with van der Waals surface area (Å²) in [6.07, 6.45) is 4.47. The molecule has 1 nitrogen and oxygen atoms in total. The first-order valence-corrected chi connectivity index (χ1v) is 8.90. The zero-order valence-corrected chi connectivity index (χ0v) is 14.4. The lowest BCUT2D eigenvalue weighted by Gasteiger charge is -2.34. The van der Waals surface area contributed by atoms with Gasteiger partial charge < -0.3 is 4.74 Å². The van der Waals surface area contributed by atoms with E-state index in [0.29, 0.717) is 6.10 Å². The molecule has 2 rings (SSSR count). The van der Waals surface area contributed by atoms with Crippen molar-refractivity contribution < 1.29 is 4.74 Å². The van der Waals surface area contributed by atoms with Gasteiger partial charge in [0.1, 0.15) is 0 Å². The molecule has 106 valence electrons. The van der Waals surface area contributed by atoms with Gasteiger partial charge in [0.2, 0.25) is 0 Å². The second-order valence-corrected chi connectivity index (χ2v) is 6.96. The van der Waals surface area contributed by atoms with Gasteiger partial charge in [0.05, 0.1) is 12.2 Å². The molecule has 4 unspecified atom stereocenters. The molecule has 0 N–H and O–H groups in total. The largest absolute Gasteiger partial charge is 0.369 e. The van der Waals surface area contributed by atoms with Gasteiger partial charge in [0.25, 0.3) is 0 Å². The molecule has 1 aromatic carbocycles. The van der Waals surface area contributed by atoms with Crippen molar-refractivity contribution in [2.45, 2.75) is 52.2 Å². The van der Waals surface area contributed by atoms with Crippen molar-refractivity contribution in [2.75, 3.05) is 4.43 Å². The van der Waals surface area contributed by atoms with Crippen molar-refractivity contribution in [3.63, 3.8) is 0 Å². The molecule has 4 atom stereocenters. The average Bonchev–Trinajstić information content (AvgIpc) is 2.41. The van der Waals surface area contributed by atoms with Crippen molar-refractivity contribution >= 4 is 22.6 Å². The van der Waals surface area contributed by atoms with E-state index in [4.69, 9.17) is 4.74 Å². The minimum absolute atomic E-state index is 0.256. The number of alkyl halides is 1.